The van der Waals surface area contributed by atoms with Crippen LogP contribution in [0.15, 0.2) is 42.6 Å². The lowest BCUT2D eigenvalue weighted by molar-refractivity contribution is -0.384. The molecule has 0 atom stereocenters. The Bertz CT molecular complexity index is 1410. The predicted molar refractivity (Wildman–Crippen MR) is 132 cm³/mol. The molecule has 1 fully saturated rings. The molecule has 0 spiro atoms. The first-order chi connectivity index (χ1) is 17.5. The van der Waals surface area contributed by atoms with Crippen LogP contribution in [0.2, 0.25) is 0 Å². The van der Waals surface area contributed by atoms with Crippen molar-refractivity contribution in [3.05, 3.63) is 63.8 Å². The van der Waals surface area contributed by atoms with E-state index in [1.807, 2.05) is 6.07 Å². The fourth-order valence-corrected chi connectivity index (χ4v) is 4.13. The Morgan fingerprint density at radius 1 is 1.25 bits per heavy atom. The molecule has 3 N–H and O–H groups in total. The third-order valence-electron chi connectivity index (χ3n) is 5.90. The summed E-state index contributed by atoms with van der Waals surface area (Å²) in [7, 11) is 0. The van der Waals surface area contributed by atoms with Crippen molar-refractivity contribution in [1.29, 1.82) is 0 Å². The number of hydrogen-bond donors (Lipinski definition) is 3. The SMILES string of the molecule is CCOc1cc([N+](=O)[O-])ccc1C(=O)Nc1cn[nH]c1-c1nc2ccc(CN3CCOCC3)cc2[nH]1. The van der Waals surface area contributed by atoms with Crippen molar-refractivity contribution in [1.82, 2.24) is 25.1 Å². The number of nitro benzene ring substituents is 1. The molecule has 12 heteroatoms. The topological polar surface area (TPSA) is 151 Å². The molecule has 0 aliphatic carbocycles. The molecule has 1 aliphatic rings. The van der Waals surface area contributed by atoms with Crippen LogP contribution in [-0.4, -0.2) is 68.8 Å². The number of aromatic amines is 2. The lowest BCUT2D eigenvalue weighted by Gasteiger charge is -2.26. The van der Waals surface area contributed by atoms with E-state index < -0.39 is 10.8 Å². The minimum absolute atomic E-state index is 0.130. The van der Waals surface area contributed by atoms with E-state index in [1.165, 1.54) is 30.0 Å². The van der Waals surface area contributed by atoms with Crippen LogP contribution in [0.4, 0.5) is 11.4 Å². The number of nitro groups is 1. The maximum absolute atomic E-state index is 13.0. The molecule has 186 valence electrons. The van der Waals surface area contributed by atoms with Crippen LogP contribution in [0.25, 0.3) is 22.6 Å². The Kier molecular flexibility index (Phi) is 6.60. The van der Waals surface area contributed by atoms with E-state index >= 15 is 0 Å². The second-order valence-electron chi connectivity index (χ2n) is 8.31. The summed E-state index contributed by atoms with van der Waals surface area (Å²) >= 11 is 0. The van der Waals surface area contributed by atoms with Gasteiger partial charge >= 0.3 is 0 Å². The van der Waals surface area contributed by atoms with Crippen molar-refractivity contribution in [3.63, 3.8) is 0 Å². The van der Waals surface area contributed by atoms with Crippen LogP contribution in [0.5, 0.6) is 5.75 Å². The van der Waals surface area contributed by atoms with Crippen LogP contribution >= 0.6 is 0 Å². The average Bonchev–Trinajstić information content (AvgIpc) is 3.51. The summed E-state index contributed by atoms with van der Waals surface area (Å²) in [6, 6.07) is 9.97. The number of carbonyl (C=O) groups excluding carboxylic acids is 1. The van der Waals surface area contributed by atoms with E-state index in [4.69, 9.17) is 9.47 Å². The highest BCUT2D eigenvalue weighted by atomic mass is 16.6. The molecule has 1 aliphatic heterocycles. The number of ether oxygens (including phenoxy) is 2. The number of benzene rings is 2. The molecule has 36 heavy (non-hydrogen) atoms. The number of carbonyl (C=O) groups is 1. The number of aromatic nitrogens is 4. The van der Waals surface area contributed by atoms with Crippen LogP contribution in [-0.2, 0) is 11.3 Å². The number of morpholine rings is 1. The van der Waals surface area contributed by atoms with Gasteiger partial charge in [0.05, 0.1) is 59.3 Å². The molecule has 4 aromatic rings. The van der Waals surface area contributed by atoms with Gasteiger partial charge in [-0.15, -0.1) is 0 Å². The average molecular weight is 492 g/mol. The number of nitrogens with one attached hydrogen (secondary N) is 3. The fourth-order valence-electron chi connectivity index (χ4n) is 4.13. The number of non-ortho nitro benzene ring substituents is 1. The van der Waals surface area contributed by atoms with Gasteiger partial charge in [0.25, 0.3) is 11.6 Å². The van der Waals surface area contributed by atoms with E-state index in [9.17, 15) is 14.9 Å². The summed E-state index contributed by atoms with van der Waals surface area (Å²) in [5.74, 6) is 0.167. The molecule has 3 heterocycles. The Morgan fingerprint density at radius 3 is 2.86 bits per heavy atom. The Labute approximate surface area is 205 Å². The first kappa shape index (κ1) is 23.5. The third kappa shape index (κ3) is 4.90. The monoisotopic (exact) mass is 491 g/mol. The zero-order chi connectivity index (χ0) is 25.1. The molecule has 0 bridgehead atoms. The maximum atomic E-state index is 13.0. The van der Waals surface area contributed by atoms with Crippen LogP contribution < -0.4 is 10.1 Å². The van der Waals surface area contributed by atoms with E-state index in [2.05, 4.69) is 42.5 Å². The van der Waals surface area contributed by atoms with Crippen molar-refractivity contribution in [2.75, 3.05) is 38.2 Å². The molecule has 2 aromatic carbocycles. The number of nitrogens with zero attached hydrogens (tertiary/aromatic N) is 4. The minimum Gasteiger partial charge on any atom is -0.493 e. The van der Waals surface area contributed by atoms with Gasteiger partial charge in [0.1, 0.15) is 11.4 Å². The summed E-state index contributed by atoms with van der Waals surface area (Å²) < 4.78 is 10.9. The number of rotatable bonds is 8. The second-order valence-corrected chi connectivity index (χ2v) is 8.31. The van der Waals surface area contributed by atoms with Crippen LogP contribution in [0.1, 0.15) is 22.8 Å². The molecular weight excluding hydrogens is 466 g/mol. The minimum atomic E-state index is -0.535. The van der Waals surface area contributed by atoms with Gasteiger partial charge in [-0.25, -0.2) is 4.98 Å². The largest absolute Gasteiger partial charge is 0.493 e. The van der Waals surface area contributed by atoms with Crippen LogP contribution in [0, 0.1) is 10.1 Å². The number of anilines is 1. The summed E-state index contributed by atoms with van der Waals surface area (Å²) in [5.41, 5.74) is 3.76. The summed E-state index contributed by atoms with van der Waals surface area (Å²) in [5, 5.41) is 20.9. The van der Waals surface area contributed by atoms with E-state index in [1.54, 1.807) is 6.92 Å². The van der Waals surface area contributed by atoms with Gasteiger partial charge in [-0.05, 0) is 30.7 Å². The van der Waals surface area contributed by atoms with Crippen molar-refractivity contribution in [2.45, 2.75) is 13.5 Å². The normalized spacial score (nSPS) is 14.1. The Morgan fingerprint density at radius 2 is 2.08 bits per heavy atom. The quantitative estimate of drug-likeness (QED) is 0.251. The molecular formula is C24H25N7O5. The highest BCUT2D eigenvalue weighted by molar-refractivity contribution is 6.07. The summed E-state index contributed by atoms with van der Waals surface area (Å²) in [6.45, 7) is 6.13. The Balaban J connectivity index is 1.37. The van der Waals surface area contributed by atoms with Crippen molar-refractivity contribution < 1.29 is 19.2 Å². The van der Waals surface area contributed by atoms with Gasteiger partial charge in [-0.2, -0.15) is 5.10 Å². The lowest BCUT2D eigenvalue weighted by atomic mass is 10.1. The number of H-pyrrole nitrogens is 2. The molecule has 0 radical (unpaired) electrons. The summed E-state index contributed by atoms with van der Waals surface area (Å²) in [4.78, 5) is 33.9. The smallest absolute Gasteiger partial charge is 0.273 e. The zero-order valence-corrected chi connectivity index (χ0v) is 19.6. The lowest BCUT2D eigenvalue weighted by Crippen LogP contribution is -2.35. The number of amides is 1. The predicted octanol–water partition coefficient (Wildman–Crippen LogP) is 3.34. The molecule has 0 unspecified atom stereocenters. The maximum Gasteiger partial charge on any atom is 0.273 e. The van der Waals surface area contributed by atoms with E-state index in [0.29, 0.717) is 17.2 Å². The van der Waals surface area contributed by atoms with E-state index in [0.717, 1.165) is 43.9 Å². The van der Waals surface area contributed by atoms with Crippen molar-refractivity contribution >= 4 is 28.3 Å². The number of hydrogen-bond acceptors (Lipinski definition) is 8. The number of imidazole rings is 1. The third-order valence-corrected chi connectivity index (χ3v) is 5.90. The van der Waals surface area contributed by atoms with Gasteiger partial charge in [-0.3, -0.25) is 24.9 Å². The molecule has 12 nitrogen and oxygen atoms in total. The first-order valence-corrected chi connectivity index (χ1v) is 11.6. The van der Waals surface area contributed by atoms with Crippen LogP contribution in [0.3, 0.4) is 0 Å². The van der Waals surface area contributed by atoms with Gasteiger partial charge in [0.15, 0.2) is 5.82 Å². The van der Waals surface area contributed by atoms with Gasteiger partial charge in [0, 0.05) is 25.7 Å². The van der Waals surface area contributed by atoms with Gasteiger partial charge in [-0.1, -0.05) is 6.07 Å². The zero-order valence-electron chi connectivity index (χ0n) is 19.6. The highest BCUT2D eigenvalue weighted by Crippen LogP contribution is 2.29. The standard InChI is InChI=1S/C24H25N7O5/c1-2-36-21-12-16(31(33)34)4-5-17(21)24(32)28-20-13-25-29-22(20)23-26-18-6-3-15(11-19(18)27-23)14-30-7-9-35-10-8-30/h3-6,11-13H,2,7-10,14H2,1H3,(H,25,29)(H,26,27)(H,28,32). The van der Waals surface area contributed by atoms with Gasteiger partial charge in [0.2, 0.25) is 0 Å². The second kappa shape index (κ2) is 10.1. The molecule has 1 saturated heterocycles. The van der Waals surface area contributed by atoms with Gasteiger partial charge < -0.3 is 19.8 Å². The molecule has 2 aromatic heterocycles. The highest BCUT2D eigenvalue weighted by Gasteiger charge is 2.20. The Hall–Kier alpha value is -4.29. The molecule has 1 amide bonds. The summed E-state index contributed by atoms with van der Waals surface area (Å²) in [6.07, 6.45) is 1.48. The molecule has 0 saturated carbocycles. The fraction of sp³-hybridized carbons (Fsp3) is 0.292. The molecule has 5 rings (SSSR count). The number of fused-ring (bicyclic) bond motifs is 1. The van der Waals surface area contributed by atoms with Crippen molar-refractivity contribution in [2.24, 2.45) is 0 Å². The first-order valence-electron chi connectivity index (χ1n) is 11.6. The van der Waals surface area contributed by atoms with E-state index in [-0.39, 0.29) is 23.6 Å². The van der Waals surface area contributed by atoms with Crippen molar-refractivity contribution in [3.8, 4) is 17.3 Å².